The van der Waals surface area contributed by atoms with E-state index in [-0.39, 0.29) is 29.7 Å². The molecule has 3 unspecified atom stereocenters. The number of nitro groups is 1. The van der Waals surface area contributed by atoms with Crippen molar-refractivity contribution in [1.29, 1.82) is 0 Å². The highest BCUT2D eigenvalue weighted by Crippen LogP contribution is 2.34. The molecule has 3 atom stereocenters. The normalized spacial score (nSPS) is 25.1. The molecule has 0 amide bonds. The molecule has 1 saturated carbocycles. The number of methoxy groups -OCH3 is 1. The van der Waals surface area contributed by atoms with Gasteiger partial charge in [0.05, 0.1) is 4.92 Å². The maximum Gasteiger partial charge on any atom is 0.311 e. The second-order valence-electron chi connectivity index (χ2n) is 4.63. The summed E-state index contributed by atoms with van der Waals surface area (Å²) in [6.45, 7) is 2.79. The molecule has 20 heavy (non-hydrogen) atoms. The molecule has 0 spiro atoms. The molecule has 0 heterocycles. The summed E-state index contributed by atoms with van der Waals surface area (Å²) in [5.74, 6) is -0.626. The fourth-order valence-corrected chi connectivity index (χ4v) is 2.37. The first kappa shape index (κ1) is 14.7. The fourth-order valence-electron chi connectivity index (χ4n) is 2.37. The maximum absolute atomic E-state index is 13.2. The average Bonchev–Trinajstić information content (AvgIpc) is 2.37. The molecule has 1 aromatic rings. The quantitative estimate of drug-likeness (QED) is 0.637. The molecule has 0 aliphatic heterocycles. The van der Waals surface area contributed by atoms with Crippen LogP contribution in [0.3, 0.4) is 0 Å². The van der Waals surface area contributed by atoms with Gasteiger partial charge in [-0.3, -0.25) is 10.1 Å². The van der Waals surface area contributed by atoms with Gasteiger partial charge in [0.2, 0.25) is 0 Å². The van der Waals surface area contributed by atoms with Crippen molar-refractivity contribution in [2.75, 3.05) is 13.7 Å². The summed E-state index contributed by atoms with van der Waals surface area (Å²) < 4.78 is 24.1. The molecule has 2 rings (SSSR count). The zero-order valence-corrected chi connectivity index (χ0v) is 11.3. The lowest BCUT2D eigenvalue weighted by Crippen LogP contribution is -2.60. The van der Waals surface area contributed by atoms with Crippen molar-refractivity contribution >= 4 is 5.69 Å². The molecule has 1 aliphatic carbocycles. The lowest BCUT2D eigenvalue weighted by Gasteiger charge is -2.43. The summed E-state index contributed by atoms with van der Waals surface area (Å²) in [6.07, 6.45) is 0.155. The number of nitrogens with zero attached hydrogens (tertiary/aromatic N) is 1. The van der Waals surface area contributed by atoms with Crippen LogP contribution in [0.4, 0.5) is 10.1 Å². The van der Waals surface area contributed by atoms with E-state index in [1.807, 2.05) is 6.92 Å². The minimum Gasteiger partial charge on any atom is -0.481 e. The Bertz CT molecular complexity index is 497. The topological polar surface area (TPSA) is 73.6 Å². The molecular formula is C13H17FN2O4. The lowest BCUT2D eigenvalue weighted by molar-refractivity contribution is -0.386. The Labute approximate surface area is 116 Å². The predicted molar refractivity (Wildman–Crippen MR) is 70.3 cm³/mol. The molecule has 0 bridgehead atoms. The van der Waals surface area contributed by atoms with E-state index >= 15 is 0 Å². The van der Waals surface area contributed by atoms with E-state index in [2.05, 4.69) is 5.32 Å². The van der Waals surface area contributed by atoms with E-state index in [0.29, 0.717) is 6.42 Å². The minimum absolute atomic E-state index is 0.0583. The number of likely N-dealkylation sites (N-methyl/N-ethyl adjacent to an activating group) is 1. The van der Waals surface area contributed by atoms with Gasteiger partial charge in [0.1, 0.15) is 18.0 Å². The molecule has 0 aromatic heterocycles. The van der Waals surface area contributed by atoms with Crippen molar-refractivity contribution in [1.82, 2.24) is 5.32 Å². The third-order valence-corrected chi connectivity index (χ3v) is 3.38. The molecule has 1 fully saturated rings. The van der Waals surface area contributed by atoms with Gasteiger partial charge in [-0.2, -0.15) is 0 Å². The molecule has 0 radical (unpaired) electrons. The number of ether oxygens (including phenoxy) is 2. The van der Waals surface area contributed by atoms with Gasteiger partial charge in [0, 0.05) is 31.7 Å². The lowest BCUT2D eigenvalue weighted by atomic mass is 9.85. The van der Waals surface area contributed by atoms with Gasteiger partial charge < -0.3 is 14.8 Å². The average molecular weight is 284 g/mol. The van der Waals surface area contributed by atoms with Crippen LogP contribution in [0.25, 0.3) is 0 Å². The van der Waals surface area contributed by atoms with E-state index in [1.54, 1.807) is 7.11 Å². The number of hydrogen-bond acceptors (Lipinski definition) is 5. The van der Waals surface area contributed by atoms with Crippen LogP contribution in [0.15, 0.2) is 18.2 Å². The minimum atomic E-state index is -0.586. The molecule has 7 heteroatoms. The third-order valence-electron chi connectivity index (χ3n) is 3.38. The van der Waals surface area contributed by atoms with Gasteiger partial charge in [0.15, 0.2) is 5.75 Å². The van der Waals surface area contributed by atoms with Crippen LogP contribution >= 0.6 is 0 Å². The van der Waals surface area contributed by atoms with Gasteiger partial charge in [0.25, 0.3) is 0 Å². The second kappa shape index (κ2) is 6.15. The summed E-state index contributed by atoms with van der Waals surface area (Å²) in [6, 6.07) is 3.34. The number of benzene rings is 1. The number of nitrogens with one attached hydrogen (secondary N) is 1. The van der Waals surface area contributed by atoms with Crippen molar-refractivity contribution in [3.05, 3.63) is 34.1 Å². The second-order valence-corrected chi connectivity index (χ2v) is 4.63. The predicted octanol–water partition coefficient (Wildman–Crippen LogP) is 1.88. The largest absolute Gasteiger partial charge is 0.481 e. The zero-order chi connectivity index (χ0) is 14.7. The van der Waals surface area contributed by atoms with Crippen LogP contribution in [0.1, 0.15) is 13.3 Å². The van der Waals surface area contributed by atoms with Crippen LogP contribution in [0.5, 0.6) is 5.75 Å². The fraction of sp³-hybridized carbons (Fsp3) is 0.538. The van der Waals surface area contributed by atoms with Crippen LogP contribution in [-0.4, -0.2) is 36.8 Å². The van der Waals surface area contributed by atoms with Crippen LogP contribution < -0.4 is 10.1 Å². The van der Waals surface area contributed by atoms with Crippen LogP contribution in [-0.2, 0) is 4.74 Å². The summed E-state index contributed by atoms with van der Waals surface area (Å²) in [5.41, 5.74) is -0.242. The first-order valence-corrected chi connectivity index (χ1v) is 6.43. The van der Waals surface area contributed by atoms with Crippen LogP contribution in [0.2, 0.25) is 0 Å². The van der Waals surface area contributed by atoms with Gasteiger partial charge in [-0.25, -0.2) is 4.39 Å². The van der Waals surface area contributed by atoms with Crippen molar-refractivity contribution in [2.24, 2.45) is 0 Å². The first-order chi connectivity index (χ1) is 9.56. The molecule has 110 valence electrons. The van der Waals surface area contributed by atoms with Crippen molar-refractivity contribution in [3.63, 3.8) is 0 Å². The Kier molecular flexibility index (Phi) is 4.51. The Morgan fingerprint density at radius 3 is 2.90 bits per heavy atom. The van der Waals surface area contributed by atoms with Crippen molar-refractivity contribution in [3.8, 4) is 5.75 Å². The summed E-state index contributed by atoms with van der Waals surface area (Å²) >= 11 is 0. The molecule has 0 saturated heterocycles. The number of halogens is 1. The molecule has 1 aliphatic rings. The molecule has 6 nitrogen and oxygen atoms in total. The van der Waals surface area contributed by atoms with Gasteiger partial charge in [-0.05, 0) is 12.6 Å². The standard InChI is InChI=1S/C13H17FN2O4/c1-3-15-9-7-12(13(9)19-2)20-11-6-8(14)4-5-10(11)16(17)18/h4-6,9,12-13,15H,3,7H2,1-2H3. The van der Waals surface area contributed by atoms with E-state index in [1.165, 1.54) is 0 Å². The monoisotopic (exact) mass is 284 g/mol. The van der Waals surface area contributed by atoms with Crippen molar-refractivity contribution in [2.45, 2.75) is 31.6 Å². The van der Waals surface area contributed by atoms with E-state index < -0.39 is 10.7 Å². The van der Waals surface area contributed by atoms with E-state index in [0.717, 1.165) is 24.7 Å². The maximum atomic E-state index is 13.2. The smallest absolute Gasteiger partial charge is 0.311 e. The first-order valence-electron chi connectivity index (χ1n) is 6.43. The Hall–Kier alpha value is -1.73. The molecule has 1 N–H and O–H groups in total. The van der Waals surface area contributed by atoms with Gasteiger partial charge >= 0.3 is 5.69 Å². The number of hydrogen-bond donors (Lipinski definition) is 1. The number of rotatable bonds is 6. The Morgan fingerprint density at radius 1 is 1.55 bits per heavy atom. The van der Waals surface area contributed by atoms with E-state index in [4.69, 9.17) is 9.47 Å². The summed E-state index contributed by atoms with van der Waals surface area (Å²) in [4.78, 5) is 10.3. The van der Waals surface area contributed by atoms with Crippen LogP contribution in [0, 0.1) is 15.9 Å². The molecule has 1 aromatic carbocycles. The van der Waals surface area contributed by atoms with Gasteiger partial charge in [-0.1, -0.05) is 6.92 Å². The SMILES string of the molecule is CCNC1CC(Oc2cc(F)ccc2[N+](=O)[O-])C1OC. The highest BCUT2D eigenvalue weighted by Gasteiger charge is 2.43. The Balaban J connectivity index is 2.11. The van der Waals surface area contributed by atoms with Gasteiger partial charge in [-0.15, -0.1) is 0 Å². The summed E-state index contributed by atoms with van der Waals surface area (Å²) in [5, 5.41) is 14.1. The Morgan fingerprint density at radius 2 is 2.30 bits per heavy atom. The number of nitro benzene ring substituents is 1. The zero-order valence-electron chi connectivity index (χ0n) is 11.3. The highest BCUT2D eigenvalue weighted by molar-refractivity contribution is 5.46. The molecular weight excluding hydrogens is 267 g/mol. The third kappa shape index (κ3) is 2.88. The summed E-state index contributed by atoms with van der Waals surface area (Å²) in [7, 11) is 1.56. The highest BCUT2D eigenvalue weighted by atomic mass is 19.1. The van der Waals surface area contributed by atoms with E-state index in [9.17, 15) is 14.5 Å². The van der Waals surface area contributed by atoms with Crippen molar-refractivity contribution < 1.29 is 18.8 Å².